The molecular weight excluding hydrogens is 212 g/mol. The second kappa shape index (κ2) is 3.04. The summed E-state index contributed by atoms with van der Waals surface area (Å²) in [7, 11) is 0. The zero-order valence-corrected chi connectivity index (χ0v) is 9.14. The van der Waals surface area contributed by atoms with Crippen molar-refractivity contribution in [3.63, 3.8) is 0 Å². The molecule has 0 aromatic heterocycles. The van der Waals surface area contributed by atoms with Crippen molar-refractivity contribution in [2.45, 2.75) is 19.9 Å². The van der Waals surface area contributed by atoms with Gasteiger partial charge in [-0.2, -0.15) is 0 Å². The summed E-state index contributed by atoms with van der Waals surface area (Å²) in [5.41, 5.74) is 5.04. The summed E-state index contributed by atoms with van der Waals surface area (Å²) in [4.78, 5) is 35.1. The minimum atomic E-state index is -1.21. The van der Waals surface area contributed by atoms with Crippen LogP contribution in [0.5, 0.6) is 0 Å². The molecule has 6 heteroatoms. The molecule has 1 aliphatic heterocycles. The van der Waals surface area contributed by atoms with Gasteiger partial charge in [0.1, 0.15) is 6.04 Å². The number of amides is 2. The number of nitrogens with zero attached hydrogens (tertiary/aromatic N) is 1. The average Bonchev–Trinajstić information content (AvgIpc) is 2.64. The molecule has 1 saturated carbocycles. The van der Waals surface area contributed by atoms with E-state index in [4.69, 9.17) is 10.8 Å². The topological polar surface area (TPSA) is 101 Å². The number of carbonyl (C=O) groups is 3. The first kappa shape index (κ1) is 11.1. The number of carbonyl (C=O) groups excluding carboxylic acids is 2. The molecule has 1 heterocycles. The number of carboxylic acid groups (broad SMARTS) is 1. The highest BCUT2D eigenvalue weighted by Crippen LogP contribution is 2.63. The van der Waals surface area contributed by atoms with Gasteiger partial charge in [0.25, 0.3) is 0 Å². The van der Waals surface area contributed by atoms with Gasteiger partial charge < -0.3 is 10.8 Å². The third-order valence-electron chi connectivity index (χ3n) is 3.59. The number of piperidine rings is 1. The molecule has 0 spiro atoms. The van der Waals surface area contributed by atoms with Gasteiger partial charge in [0.2, 0.25) is 11.8 Å². The number of likely N-dealkylation sites (tertiary alicyclic amines) is 1. The summed E-state index contributed by atoms with van der Waals surface area (Å²) >= 11 is 0. The van der Waals surface area contributed by atoms with E-state index in [1.807, 2.05) is 13.8 Å². The van der Waals surface area contributed by atoms with Gasteiger partial charge >= 0.3 is 5.97 Å². The lowest BCUT2D eigenvalue weighted by atomic mass is 10.1. The van der Waals surface area contributed by atoms with Crippen LogP contribution in [0.1, 0.15) is 13.8 Å². The van der Waals surface area contributed by atoms with Gasteiger partial charge in [-0.1, -0.05) is 13.8 Å². The van der Waals surface area contributed by atoms with Gasteiger partial charge in [-0.3, -0.25) is 19.3 Å². The molecule has 1 aliphatic carbocycles. The van der Waals surface area contributed by atoms with Crippen LogP contribution in [0.25, 0.3) is 0 Å². The van der Waals surface area contributed by atoms with Gasteiger partial charge in [-0.15, -0.1) is 0 Å². The van der Waals surface area contributed by atoms with Crippen LogP contribution in [0.3, 0.4) is 0 Å². The van der Waals surface area contributed by atoms with Crippen LogP contribution in [0.2, 0.25) is 0 Å². The molecule has 2 fully saturated rings. The third kappa shape index (κ3) is 1.26. The number of carboxylic acids is 1. The van der Waals surface area contributed by atoms with E-state index in [1.54, 1.807) is 0 Å². The van der Waals surface area contributed by atoms with Crippen molar-refractivity contribution in [1.29, 1.82) is 0 Å². The maximum Gasteiger partial charge on any atom is 0.322 e. The molecule has 2 amide bonds. The molecule has 0 bridgehead atoms. The summed E-state index contributed by atoms with van der Waals surface area (Å²) in [6.45, 7) is 3.51. The fraction of sp³-hybridized carbons (Fsp3) is 0.700. The molecule has 88 valence electrons. The molecule has 2 aliphatic rings. The second-order valence-corrected chi connectivity index (χ2v) is 5.01. The van der Waals surface area contributed by atoms with Crippen LogP contribution in [-0.4, -0.2) is 40.4 Å². The Kier molecular flexibility index (Phi) is 2.10. The molecular formula is C10H14N2O4. The van der Waals surface area contributed by atoms with Crippen molar-refractivity contribution in [2.24, 2.45) is 23.0 Å². The minimum absolute atomic E-state index is 0.226. The van der Waals surface area contributed by atoms with Gasteiger partial charge in [-0.25, -0.2) is 0 Å². The van der Waals surface area contributed by atoms with E-state index < -0.39 is 12.0 Å². The molecule has 1 saturated heterocycles. The quantitative estimate of drug-likeness (QED) is 0.603. The third-order valence-corrected chi connectivity index (χ3v) is 3.59. The number of hydrogen-bond donors (Lipinski definition) is 2. The summed E-state index contributed by atoms with van der Waals surface area (Å²) in [5.74, 6) is -2.32. The highest BCUT2D eigenvalue weighted by Gasteiger charge is 2.72. The molecule has 3 unspecified atom stereocenters. The number of hydrogen-bond acceptors (Lipinski definition) is 4. The zero-order chi connectivity index (χ0) is 12.2. The van der Waals surface area contributed by atoms with Crippen LogP contribution in [0.4, 0.5) is 0 Å². The Morgan fingerprint density at radius 2 is 1.88 bits per heavy atom. The second-order valence-electron chi connectivity index (χ2n) is 5.01. The lowest BCUT2D eigenvalue weighted by Crippen LogP contribution is -2.47. The SMILES string of the molecule is CC1(C)C2C(=O)N(CC(N)C(=O)O)C(=O)C21. The lowest BCUT2D eigenvalue weighted by molar-refractivity contribution is -0.145. The van der Waals surface area contributed by atoms with Crippen LogP contribution >= 0.6 is 0 Å². The van der Waals surface area contributed by atoms with Gasteiger partial charge in [0, 0.05) is 0 Å². The summed E-state index contributed by atoms with van der Waals surface area (Å²) in [6, 6.07) is -1.20. The van der Waals surface area contributed by atoms with Crippen molar-refractivity contribution in [3.8, 4) is 0 Å². The normalized spacial score (nSPS) is 32.6. The van der Waals surface area contributed by atoms with E-state index in [0.29, 0.717) is 0 Å². The highest BCUT2D eigenvalue weighted by molar-refractivity contribution is 6.10. The van der Waals surface area contributed by atoms with Crippen molar-refractivity contribution < 1.29 is 19.5 Å². The molecule has 6 nitrogen and oxygen atoms in total. The van der Waals surface area contributed by atoms with Crippen LogP contribution < -0.4 is 5.73 Å². The number of fused-ring (bicyclic) bond motifs is 1. The van der Waals surface area contributed by atoms with Crippen molar-refractivity contribution in [1.82, 2.24) is 4.90 Å². The maximum absolute atomic E-state index is 11.8. The molecule has 2 rings (SSSR count). The summed E-state index contributed by atoms with van der Waals surface area (Å²) in [6.07, 6.45) is 0. The van der Waals surface area contributed by atoms with Crippen molar-refractivity contribution in [3.05, 3.63) is 0 Å². The van der Waals surface area contributed by atoms with E-state index in [1.165, 1.54) is 0 Å². The number of rotatable bonds is 3. The van der Waals surface area contributed by atoms with E-state index in [0.717, 1.165) is 4.90 Å². The Morgan fingerprint density at radius 1 is 1.44 bits per heavy atom. The van der Waals surface area contributed by atoms with Crippen LogP contribution in [0.15, 0.2) is 0 Å². The Hall–Kier alpha value is -1.43. The molecule has 3 N–H and O–H groups in total. The predicted molar refractivity (Wildman–Crippen MR) is 53.1 cm³/mol. The maximum atomic E-state index is 11.8. The van der Waals surface area contributed by atoms with Crippen LogP contribution in [-0.2, 0) is 14.4 Å². The van der Waals surface area contributed by atoms with E-state index in [2.05, 4.69) is 0 Å². The minimum Gasteiger partial charge on any atom is -0.480 e. The molecule has 0 radical (unpaired) electrons. The number of imide groups is 1. The Labute approximate surface area is 92.4 Å². The van der Waals surface area contributed by atoms with Crippen LogP contribution in [0, 0.1) is 17.3 Å². The number of nitrogens with two attached hydrogens (primary N) is 1. The van der Waals surface area contributed by atoms with E-state index >= 15 is 0 Å². The van der Waals surface area contributed by atoms with Crippen molar-refractivity contribution in [2.75, 3.05) is 6.54 Å². The first-order valence-corrected chi connectivity index (χ1v) is 5.12. The molecule has 16 heavy (non-hydrogen) atoms. The monoisotopic (exact) mass is 226 g/mol. The predicted octanol–water partition coefficient (Wildman–Crippen LogP) is -0.961. The smallest absolute Gasteiger partial charge is 0.322 e. The van der Waals surface area contributed by atoms with Gasteiger partial charge in [0.05, 0.1) is 18.4 Å². The molecule has 3 atom stereocenters. The molecule has 0 aromatic carbocycles. The number of aliphatic carboxylic acids is 1. The Morgan fingerprint density at radius 3 is 2.25 bits per heavy atom. The van der Waals surface area contributed by atoms with E-state index in [-0.39, 0.29) is 35.6 Å². The first-order chi connectivity index (χ1) is 7.28. The van der Waals surface area contributed by atoms with E-state index in [9.17, 15) is 14.4 Å². The van der Waals surface area contributed by atoms with Gasteiger partial charge in [0.15, 0.2) is 0 Å². The zero-order valence-electron chi connectivity index (χ0n) is 9.14. The Balaban J connectivity index is 2.09. The standard InChI is InChI=1S/C10H14N2O4/c1-10(2)5-6(10)8(14)12(7(5)13)3-4(11)9(15)16/h4-6H,3,11H2,1-2H3,(H,15,16). The summed E-state index contributed by atoms with van der Waals surface area (Å²) in [5, 5.41) is 8.62. The average molecular weight is 226 g/mol. The highest BCUT2D eigenvalue weighted by atomic mass is 16.4. The lowest BCUT2D eigenvalue weighted by Gasteiger charge is -2.21. The molecule has 0 aromatic rings. The summed E-state index contributed by atoms with van der Waals surface area (Å²) < 4.78 is 0. The van der Waals surface area contributed by atoms with Gasteiger partial charge in [-0.05, 0) is 5.41 Å². The fourth-order valence-electron chi connectivity index (χ4n) is 2.46. The fourth-order valence-corrected chi connectivity index (χ4v) is 2.46. The first-order valence-electron chi connectivity index (χ1n) is 5.12. The largest absolute Gasteiger partial charge is 0.480 e. The van der Waals surface area contributed by atoms with Crippen molar-refractivity contribution >= 4 is 17.8 Å². The Bertz CT molecular complexity index is 366.